The molecule has 78 valence electrons. The summed E-state index contributed by atoms with van der Waals surface area (Å²) in [5.41, 5.74) is 0. The lowest BCUT2D eigenvalue weighted by atomic mass is 10.2. The molecule has 0 unspecified atom stereocenters. The van der Waals surface area contributed by atoms with Crippen molar-refractivity contribution in [3.8, 4) is 0 Å². The van der Waals surface area contributed by atoms with E-state index in [1.165, 1.54) is 11.8 Å². The molecule has 0 radical (unpaired) electrons. The van der Waals surface area contributed by atoms with Gasteiger partial charge in [-0.1, -0.05) is 41.8 Å². The van der Waals surface area contributed by atoms with Crippen LogP contribution >= 0.6 is 34.9 Å². The minimum Gasteiger partial charge on any atom is -0.298 e. The SMILES string of the molecule is CCC(=O)[C@H](C)Sc1nnc(SC)s1. The molecule has 0 aromatic carbocycles. The van der Waals surface area contributed by atoms with Crippen molar-refractivity contribution in [3.63, 3.8) is 0 Å². The van der Waals surface area contributed by atoms with Crippen LogP contribution in [0.3, 0.4) is 0 Å². The van der Waals surface area contributed by atoms with Gasteiger partial charge in [-0.15, -0.1) is 10.2 Å². The maximum absolute atomic E-state index is 11.3. The standard InChI is InChI=1S/C8H12N2OS3/c1-4-6(11)5(2)13-8-10-9-7(12-3)14-8/h5H,4H2,1-3H3/t5-/m0/s1. The predicted molar refractivity (Wildman–Crippen MR) is 62.3 cm³/mol. The van der Waals surface area contributed by atoms with Crippen LogP contribution in [0, 0.1) is 0 Å². The number of nitrogens with zero attached hydrogens (tertiary/aromatic N) is 2. The van der Waals surface area contributed by atoms with Gasteiger partial charge < -0.3 is 0 Å². The van der Waals surface area contributed by atoms with Crippen LogP contribution in [0.5, 0.6) is 0 Å². The van der Waals surface area contributed by atoms with Crippen molar-refractivity contribution >= 4 is 40.6 Å². The Hall–Kier alpha value is -0.0700. The van der Waals surface area contributed by atoms with Crippen LogP contribution in [0.25, 0.3) is 0 Å². The fourth-order valence-electron chi connectivity index (χ4n) is 0.832. The van der Waals surface area contributed by atoms with E-state index in [1.54, 1.807) is 23.1 Å². The largest absolute Gasteiger partial charge is 0.298 e. The van der Waals surface area contributed by atoms with Gasteiger partial charge in [0.15, 0.2) is 8.68 Å². The minimum atomic E-state index is -0.0114. The Kier molecular flexibility index (Phi) is 4.91. The van der Waals surface area contributed by atoms with Crippen LogP contribution in [0.2, 0.25) is 0 Å². The second-order valence-corrected chi connectivity index (χ2v) is 6.24. The maximum atomic E-state index is 11.3. The minimum absolute atomic E-state index is 0.0114. The molecule has 1 rings (SSSR count). The molecule has 14 heavy (non-hydrogen) atoms. The van der Waals surface area contributed by atoms with E-state index in [1.807, 2.05) is 20.1 Å². The van der Waals surface area contributed by atoms with E-state index in [4.69, 9.17) is 0 Å². The number of ketones is 1. The lowest BCUT2D eigenvalue weighted by molar-refractivity contribution is -0.117. The van der Waals surface area contributed by atoms with Gasteiger partial charge in [0.1, 0.15) is 5.78 Å². The van der Waals surface area contributed by atoms with Gasteiger partial charge in [-0.25, -0.2) is 0 Å². The quantitative estimate of drug-likeness (QED) is 0.750. The fraction of sp³-hybridized carbons (Fsp3) is 0.625. The number of rotatable bonds is 5. The van der Waals surface area contributed by atoms with Crippen molar-refractivity contribution in [1.82, 2.24) is 10.2 Å². The Bertz CT molecular complexity index is 313. The summed E-state index contributed by atoms with van der Waals surface area (Å²) in [7, 11) is 0. The van der Waals surface area contributed by atoms with Crippen molar-refractivity contribution in [1.29, 1.82) is 0 Å². The monoisotopic (exact) mass is 248 g/mol. The normalized spacial score (nSPS) is 12.8. The predicted octanol–water partition coefficient (Wildman–Crippen LogP) is 2.72. The van der Waals surface area contributed by atoms with Crippen LogP contribution in [-0.4, -0.2) is 27.5 Å². The molecule has 0 aliphatic carbocycles. The summed E-state index contributed by atoms with van der Waals surface area (Å²) >= 11 is 4.61. The van der Waals surface area contributed by atoms with Crippen LogP contribution in [0.15, 0.2) is 8.68 Å². The first-order valence-electron chi connectivity index (χ1n) is 4.24. The Morgan fingerprint density at radius 2 is 2.14 bits per heavy atom. The van der Waals surface area contributed by atoms with E-state index >= 15 is 0 Å². The van der Waals surface area contributed by atoms with Crippen molar-refractivity contribution < 1.29 is 4.79 Å². The van der Waals surface area contributed by atoms with Crippen LogP contribution in [0.1, 0.15) is 20.3 Å². The molecule has 1 aromatic rings. The highest BCUT2D eigenvalue weighted by molar-refractivity contribution is 8.03. The second-order valence-electron chi connectivity index (χ2n) is 2.62. The van der Waals surface area contributed by atoms with E-state index in [-0.39, 0.29) is 11.0 Å². The number of aromatic nitrogens is 2. The number of Topliss-reactive ketones (excluding diaryl/α,β-unsaturated/α-hetero) is 1. The first kappa shape index (κ1) is 12.0. The Labute approximate surface area is 96.1 Å². The Morgan fingerprint density at radius 3 is 2.64 bits per heavy atom. The van der Waals surface area contributed by atoms with E-state index < -0.39 is 0 Å². The first-order valence-corrected chi connectivity index (χ1v) is 7.16. The van der Waals surface area contributed by atoms with Crippen LogP contribution in [0.4, 0.5) is 0 Å². The first-order chi connectivity index (χ1) is 6.67. The van der Waals surface area contributed by atoms with Crippen molar-refractivity contribution in [2.75, 3.05) is 6.26 Å². The topological polar surface area (TPSA) is 42.9 Å². The molecule has 0 spiro atoms. The molecule has 0 aliphatic heterocycles. The highest BCUT2D eigenvalue weighted by Crippen LogP contribution is 2.30. The average Bonchev–Trinajstić information content (AvgIpc) is 2.64. The second kappa shape index (κ2) is 5.72. The lowest BCUT2D eigenvalue weighted by Gasteiger charge is -2.04. The zero-order chi connectivity index (χ0) is 10.6. The molecule has 0 bridgehead atoms. The Morgan fingerprint density at radius 1 is 1.50 bits per heavy atom. The summed E-state index contributed by atoms with van der Waals surface area (Å²) in [6, 6.07) is 0. The lowest BCUT2D eigenvalue weighted by Crippen LogP contribution is -2.10. The van der Waals surface area contributed by atoms with Crippen molar-refractivity contribution in [2.45, 2.75) is 34.2 Å². The van der Waals surface area contributed by atoms with Gasteiger partial charge in [0.2, 0.25) is 0 Å². The van der Waals surface area contributed by atoms with E-state index in [0.29, 0.717) is 6.42 Å². The smallest absolute Gasteiger partial charge is 0.175 e. The van der Waals surface area contributed by atoms with Gasteiger partial charge >= 0.3 is 0 Å². The summed E-state index contributed by atoms with van der Waals surface area (Å²) in [5, 5.41) is 7.96. The third-order valence-electron chi connectivity index (χ3n) is 1.64. The molecular weight excluding hydrogens is 236 g/mol. The molecule has 0 N–H and O–H groups in total. The number of hydrogen-bond donors (Lipinski definition) is 0. The van der Waals surface area contributed by atoms with E-state index in [0.717, 1.165) is 8.68 Å². The highest BCUT2D eigenvalue weighted by atomic mass is 32.2. The van der Waals surface area contributed by atoms with Gasteiger partial charge in [-0.2, -0.15) is 0 Å². The zero-order valence-electron chi connectivity index (χ0n) is 8.31. The molecule has 3 nitrogen and oxygen atoms in total. The third kappa shape index (κ3) is 3.25. The van der Waals surface area contributed by atoms with Gasteiger partial charge in [0, 0.05) is 6.42 Å². The van der Waals surface area contributed by atoms with Crippen LogP contribution < -0.4 is 0 Å². The number of thioether (sulfide) groups is 2. The van der Waals surface area contributed by atoms with E-state index in [9.17, 15) is 4.79 Å². The zero-order valence-corrected chi connectivity index (χ0v) is 10.8. The van der Waals surface area contributed by atoms with Gasteiger partial charge in [0.25, 0.3) is 0 Å². The van der Waals surface area contributed by atoms with Crippen molar-refractivity contribution in [2.24, 2.45) is 0 Å². The van der Waals surface area contributed by atoms with Crippen molar-refractivity contribution in [3.05, 3.63) is 0 Å². The molecule has 0 saturated heterocycles. The average molecular weight is 248 g/mol. The van der Waals surface area contributed by atoms with E-state index in [2.05, 4.69) is 10.2 Å². The molecule has 1 aromatic heterocycles. The van der Waals surface area contributed by atoms with Gasteiger partial charge in [-0.3, -0.25) is 4.79 Å². The Balaban J connectivity index is 2.55. The molecule has 0 saturated carbocycles. The molecule has 0 amide bonds. The molecule has 1 heterocycles. The molecule has 6 heteroatoms. The number of carbonyl (C=O) groups is 1. The number of carbonyl (C=O) groups excluding carboxylic acids is 1. The summed E-state index contributed by atoms with van der Waals surface area (Å²) in [5.74, 6) is 0.260. The van der Waals surface area contributed by atoms with Gasteiger partial charge in [-0.05, 0) is 13.2 Å². The molecular formula is C8H12N2OS3. The summed E-state index contributed by atoms with van der Waals surface area (Å²) in [4.78, 5) is 11.3. The summed E-state index contributed by atoms with van der Waals surface area (Å²) in [6.45, 7) is 3.80. The van der Waals surface area contributed by atoms with Gasteiger partial charge in [0.05, 0.1) is 5.25 Å². The molecule has 0 aliphatic rings. The summed E-state index contributed by atoms with van der Waals surface area (Å²) in [6.07, 6.45) is 2.55. The fourth-order valence-corrected chi connectivity index (χ4v) is 3.55. The summed E-state index contributed by atoms with van der Waals surface area (Å²) < 4.78 is 1.83. The van der Waals surface area contributed by atoms with Crippen LogP contribution in [-0.2, 0) is 4.79 Å². The number of hydrogen-bond acceptors (Lipinski definition) is 6. The maximum Gasteiger partial charge on any atom is 0.175 e. The highest BCUT2D eigenvalue weighted by Gasteiger charge is 2.14. The molecule has 0 fully saturated rings. The molecule has 1 atom stereocenters. The third-order valence-corrected chi connectivity index (χ3v) is 4.77.